The molecule has 0 radical (unpaired) electrons. The molecule has 6 nitrogen and oxygen atoms in total. The molecule has 0 aromatic carbocycles. The monoisotopic (exact) mass is 235 g/mol. The third-order valence-electron chi connectivity index (χ3n) is 0.412. The Hall–Kier alpha value is 2.17. The molecule has 10 heteroatoms. The summed E-state index contributed by atoms with van der Waals surface area (Å²) in [5, 5.41) is 0. The minimum Gasteiger partial charge on any atom is -0.598 e. The standard InChI is InChI=1S/C2H7O3P.2Na.HO3P/c1-2-6(3,4)5;;;1-4(2)3/h2H2,1H3,(H2,3,4,5);;;(H,1,2,3)/q;2*+1;/p-1. The molecule has 0 spiro atoms. The number of rotatable bonds is 1. The van der Waals surface area contributed by atoms with Gasteiger partial charge in [-0.3, -0.25) is 4.57 Å². The molecule has 0 fully saturated rings. The van der Waals surface area contributed by atoms with Crippen molar-refractivity contribution in [1.82, 2.24) is 0 Å². The van der Waals surface area contributed by atoms with Gasteiger partial charge in [-0.1, -0.05) is 11.5 Å². The molecule has 0 rings (SSSR count). The Kier molecular flexibility index (Phi) is 26.1. The van der Waals surface area contributed by atoms with Crippen LogP contribution in [0.4, 0.5) is 0 Å². The maximum absolute atomic E-state index is 9.69. The molecule has 0 aliphatic rings. The van der Waals surface area contributed by atoms with Crippen LogP contribution in [0.1, 0.15) is 6.92 Å². The fourth-order valence-corrected chi connectivity index (χ4v) is 0. The smallest absolute Gasteiger partial charge is 0.598 e. The van der Waals surface area contributed by atoms with Crippen molar-refractivity contribution in [2.75, 3.05) is 6.16 Å². The Bertz CT molecular complexity index is 140. The van der Waals surface area contributed by atoms with Crippen molar-refractivity contribution in [1.29, 1.82) is 0 Å². The molecule has 0 saturated carbocycles. The van der Waals surface area contributed by atoms with Crippen molar-refractivity contribution in [3.63, 3.8) is 0 Å². The van der Waals surface area contributed by atoms with Crippen molar-refractivity contribution in [3.8, 4) is 0 Å². The zero-order valence-electron chi connectivity index (χ0n) is 7.13. The van der Waals surface area contributed by atoms with Gasteiger partial charge in [-0.2, -0.15) is 0 Å². The van der Waals surface area contributed by atoms with Crippen LogP contribution < -0.4 is 68.9 Å². The number of hydrogen-bond donors (Lipinski definition) is 2. The Morgan fingerprint density at radius 1 is 1.33 bits per heavy atom. The van der Waals surface area contributed by atoms with Crippen molar-refractivity contribution in [3.05, 3.63) is 0 Å². The summed E-state index contributed by atoms with van der Waals surface area (Å²) in [4.78, 5) is 32.8. The van der Waals surface area contributed by atoms with Gasteiger partial charge < -0.3 is 19.6 Å². The Labute approximate surface area is 115 Å². The molecule has 2 N–H and O–H groups in total. The average Bonchev–Trinajstić information content (AvgIpc) is 1.63. The van der Waals surface area contributed by atoms with Gasteiger partial charge in [0.1, 0.15) is 0 Å². The van der Waals surface area contributed by atoms with E-state index in [1.807, 2.05) is 0 Å². The van der Waals surface area contributed by atoms with E-state index < -0.39 is 15.9 Å². The van der Waals surface area contributed by atoms with Crippen LogP contribution in [0.3, 0.4) is 0 Å². The van der Waals surface area contributed by atoms with Gasteiger partial charge in [0.2, 0.25) is 0 Å². The Balaban J connectivity index is -0.0000000483. The fourth-order valence-electron chi connectivity index (χ4n) is 0. The Morgan fingerprint density at radius 3 is 1.42 bits per heavy atom. The van der Waals surface area contributed by atoms with Crippen LogP contribution in [0.25, 0.3) is 0 Å². The molecule has 62 valence electrons. The topological polar surface area (TPSA) is 121 Å². The number of hydrogen-bond acceptors (Lipinski definition) is 4. The van der Waals surface area contributed by atoms with Gasteiger partial charge in [0.25, 0.3) is 8.25 Å². The SMILES string of the molecule is CCP(=O)(O)O.O=[P+]([O-])[O-].[Na+].[Na+]. The van der Waals surface area contributed by atoms with Crippen LogP contribution in [-0.2, 0) is 9.13 Å². The molecule has 0 aromatic heterocycles. The van der Waals surface area contributed by atoms with Gasteiger partial charge in [0.05, 0.1) is 0 Å². The van der Waals surface area contributed by atoms with Crippen molar-refractivity contribution in [2.24, 2.45) is 0 Å². The average molecular weight is 235 g/mol. The maximum atomic E-state index is 9.69. The van der Waals surface area contributed by atoms with E-state index in [9.17, 15) is 4.57 Å². The quantitative estimate of drug-likeness (QED) is 0.344. The normalized spacial score (nSPS) is 8.08. The predicted octanol–water partition coefficient (Wildman–Crippen LogP) is -7.44. The summed E-state index contributed by atoms with van der Waals surface area (Å²) in [5.41, 5.74) is 0. The molecular formula is C2H7Na2O6P2+. The van der Waals surface area contributed by atoms with Crippen LogP contribution >= 0.6 is 15.9 Å². The van der Waals surface area contributed by atoms with Crippen LogP contribution in [0.2, 0.25) is 0 Å². The molecule has 0 saturated heterocycles. The molecule has 0 unspecified atom stereocenters. The van der Waals surface area contributed by atoms with Crippen LogP contribution in [0.15, 0.2) is 0 Å². The summed E-state index contributed by atoms with van der Waals surface area (Å²) in [6.45, 7) is 1.45. The minimum absolute atomic E-state index is 0. The molecule has 0 amide bonds. The summed E-state index contributed by atoms with van der Waals surface area (Å²) in [5.74, 6) is 0. The van der Waals surface area contributed by atoms with E-state index in [0.717, 1.165) is 0 Å². The van der Waals surface area contributed by atoms with E-state index in [0.29, 0.717) is 0 Å². The molecule has 0 aliphatic carbocycles. The predicted molar refractivity (Wildman–Crippen MR) is 30.2 cm³/mol. The van der Waals surface area contributed by atoms with E-state index >= 15 is 0 Å². The molecule has 0 atom stereocenters. The van der Waals surface area contributed by atoms with Gasteiger partial charge >= 0.3 is 66.7 Å². The molecule has 12 heavy (non-hydrogen) atoms. The molecule has 0 aliphatic heterocycles. The first kappa shape index (κ1) is 23.8. The van der Waals surface area contributed by atoms with Gasteiger partial charge in [-0.15, -0.1) is 0 Å². The molecule has 0 aromatic rings. The first-order chi connectivity index (χ1) is 4.29. The Morgan fingerprint density at radius 2 is 1.42 bits per heavy atom. The summed E-state index contributed by atoms with van der Waals surface area (Å²) in [6, 6.07) is 0. The van der Waals surface area contributed by atoms with Crippen molar-refractivity contribution in [2.45, 2.75) is 6.92 Å². The van der Waals surface area contributed by atoms with E-state index in [-0.39, 0.29) is 65.3 Å². The van der Waals surface area contributed by atoms with Crippen LogP contribution in [0, 0.1) is 0 Å². The second-order valence-electron chi connectivity index (χ2n) is 1.20. The van der Waals surface area contributed by atoms with Crippen LogP contribution in [-0.4, -0.2) is 15.9 Å². The van der Waals surface area contributed by atoms with Gasteiger partial charge in [0, 0.05) is 6.16 Å². The van der Waals surface area contributed by atoms with Crippen LogP contribution in [0.5, 0.6) is 0 Å². The van der Waals surface area contributed by atoms with E-state index in [1.54, 1.807) is 0 Å². The van der Waals surface area contributed by atoms with Gasteiger partial charge in [0.15, 0.2) is 0 Å². The first-order valence-electron chi connectivity index (χ1n) is 2.15. The largest absolute Gasteiger partial charge is 1.00 e. The van der Waals surface area contributed by atoms with Gasteiger partial charge in [-0.05, 0) is 0 Å². The van der Waals surface area contributed by atoms with E-state index in [2.05, 4.69) is 0 Å². The third-order valence-corrected chi connectivity index (χ3v) is 1.24. The van der Waals surface area contributed by atoms with Crippen molar-refractivity contribution >= 4 is 15.9 Å². The zero-order chi connectivity index (χ0) is 8.78. The summed E-state index contributed by atoms with van der Waals surface area (Å²) in [7, 11) is -7.02. The molecule has 0 bridgehead atoms. The second-order valence-corrected chi connectivity index (χ2v) is 3.61. The first-order valence-corrected chi connectivity index (χ1v) is 5.05. The summed E-state index contributed by atoms with van der Waals surface area (Å²) in [6.07, 6.45) is -0.0625. The maximum Gasteiger partial charge on any atom is 1.00 e. The fraction of sp³-hybridized carbons (Fsp3) is 1.00. The molecular weight excluding hydrogens is 228 g/mol. The summed E-state index contributed by atoms with van der Waals surface area (Å²) >= 11 is 0. The van der Waals surface area contributed by atoms with Crippen molar-refractivity contribution < 1.29 is 87.8 Å². The summed E-state index contributed by atoms with van der Waals surface area (Å²) < 4.78 is 18.2. The van der Waals surface area contributed by atoms with E-state index in [4.69, 9.17) is 24.1 Å². The zero-order valence-corrected chi connectivity index (χ0v) is 12.9. The minimum atomic E-state index is -3.65. The van der Waals surface area contributed by atoms with Gasteiger partial charge in [-0.25, -0.2) is 0 Å². The van der Waals surface area contributed by atoms with E-state index in [1.165, 1.54) is 6.92 Å². The molecule has 0 heterocycles. The second kappa shape index (κ2) is 13.2. The third kappa shape index (κ3) is 56.8.